The van der Waals surface area contributed by atoms with Gasteiger partial charge < -0.3 is 20.1 Å². The maximum Gasteiger partial charge on any atom is 0.573 e. The first kappa shape index (κ1) is 24.5. The molecule has 2 aromatic carbocycles. The van der Waals surface area contributed by atoms with Gasteiger partial charge in [-0.15, -0.1) is 13.2 Å². The Labute approximate surface area is 183 Å². The lowest BCUT2D eigenvalue weighted by molar-refractivity contribution is -0.274. The van der Waals surface area contributed by atoms with E-state index in [-0.39, 0.29) is 24.4 Å². The Hall–Kier alpha value is -3.74. The number of hydrogen-bond donors (Lipinski definition) is 2. The fraction of sp³-hybridized carbons (Fsp3) is 0.318. The van der Waals surface area contributed by atoms with Crippen molar-refractivity contribution < 1.29 is 32.2 Å². The highest BCUT2D eigenvalue weighted by Crippen LogP contribution is 2.29. The summed E-state index contributed by atoms with van der Waals surface area (Å²) in [7, 11) is 1.52. The van der Waals surface area contributed by atoms with Gasteiger partial charge in [0.1, 0.15) is 24.1 Å². The summed E-state index contributed by atoms with van der Waals surface area (Å²) in [6.45, 7) is 1.62. The third-order valence-corrected chi connectivity index (χ3v) is 4.57. The van der Waals surface area contributed by atoms with Crippen LogP contribution in [-0.2, 0) is 4.79 Å². The summed E-state index contributed by atoms with van der Waals surface area (Å²) in [5.41, 5.74) is 0.874. The van der Waals surface area contributed by atoms with Crippen molar-refractivity contribution in [2.24, 2.45) is 0 Å². The van der Waals surface area contributed by atoms with Crippen molar-refractivity contribution in [3.05, 3.63) is 59.7 Å². The molecule has 2 aromatic rings. The second-order valence-electron chi connectivity index (χ2n) is 6.85. The molecule has 10 heteroatoms. The maximum atomic E-state index is 12.6. The molecular weight excluding hydrogens is 427 g/mol. The van der Waals surface area contributed by atoms with Gasteiger partial charge in [-0.3, -0.25) is 9.59 Å². The number of ether oxygens (including phenoxy) is 2. The van der Waals surface area contributed by atoms with E-state index in [4.69, 9.17) is 10.00 Å². The van der Waals surface area contributed by atoms with Crippen LogP contribution in [0.1, 0.15) is 35.2 Å². The molecule has 2 rings (SSSR count). The molecule has 0 bridgehead atoms. The molecule has 2 amide bonds. The summed E-state index contributed by atoms with van der Waals surface area (Å²) < 4.78 is 46.0. The van der Waals surface area contributed by atoms with Gasteiger partial charge in [-0.2, -0.15) is 5.26 Å². The standard InChI is InChI=1S/C22H22F3N3O4/c1-14(17-5-3-4-6-19(17)31-2)13-18(21(30)27-12-11-26)28-20(29)15-7-9-16(10-8-15)32-22(23,24)25/h3-10,14,18H,12-13H2,1-2H3,(H,27,30)(H,28,29)/t14-,18-/m0/s1. The number of benzene rings is 2. The normalized spacial score (nSPS) is 12.8. The quantitative estimate of drug-likeness (QED) is 0.571. The minimum atomic E-state index is -4.84. The molecular formula is C22H22F3N3O4. The van der Waals surface area contributed by atoms with Crippen molar-refractivity contribution in [2.75, 3.05) is 13.7 Å². The van der Waals surface area contributed by atoms with E-state index in [9.17, 15) is 22.8 Å². The van der Waals surface area contributed by atoms with Gasteiger partial charge in [-0.1, -0.05) is 25.1 Å². The lowest BCUT2D eigenvalue weighted by Crippen LogP contribution is -2.47. The summed E-state index contributed by atoms with van der Waals surface area (Å²) in [4.78, 5) is 25.2. The molecule has 0 saturated carbocycles. The van der Waals surface area contributed by atoms with Gasteiger partial charge in [0.25, 0.3) is 5.91 Å². The van der Waals surface area contributed by atoms with Crippen LogP contribution in [0.15, 0.2) is 48.5 Å². The molecule has 0 aliphatic rings. The SMILES string of the molecule is COc1ccccc1[C@@H](C)C[C@H](NC(=O)c1ccc(OC(F)(F)F)cc1)C(=O)NCC#N. The summed E-state index contributed by atoms with van der Waals surface area (Å²) in [5, 5.41) is 13.7. The smallest absolute Gasteiger partial charge is 0.496 e. The fourth-order valence-corrected chi connectivity index (χ4v) is 3.08. The molecule has 170 valence electrons. The Morgan fingerprint density at radius 2 is 1.78 bits per heavy atom. The number of halogens is 3. The van der Waals surface area contributed by atoms with E-state index in [0.29, 0.717) is 5.75 Å². The van der Waals surface area contributed by atoms with E-state index in [1.54, 1.807) is 18.2 Å². The van der Waals surface area contributed by atoms with Crippen molar-refractivity contribution in [1.29, 1.82) is 5.26 Å². The molecule has 0 heterocycles. The third kappa shape index (κ3) is 7.19. The third-order valence-electron chi connectivity index (χ3n) is 4.57. The Morgan fingerprint density at radius 1 is 1.12 bits per heavy atom. The van der Waals surface area contributed by atoms with Crippen molar-refractivity contribution >= 4 is 11.8 Å². The van der Waals surface area contributed by atoms with Crippen LogP contribution in [0, 0.1) is 11.3 Å². The number of nitriles is 1. The lowest BCUT2D eigenvalue weighted by atomic mass is 9.92. The second kappa shape index (κ2) is 11.0. The first-order valence-electron chi connectivity index (χ1n) is 9.59. The molecule has 0 saturated heterocycles. The summed E-state index contributed by atoms with van der Waals surface area (Å²) >= 11 is 0. The molecule has 0 aromatic heterocycles. The highest BCUT2D eigenvalue weighted by atomic mass is 19.4. The maximum absolute atomic E-state index is 12.6. The number of nitrogens with zero attached hydrogens (tertiary/aromatic N) is 1. The van der Waals surface area contributed by atoms with Crippen molar-refractivity contribution in [1.82, 2.24) is 10.6 Å². The molecule has 0 spiro atoms. The van der Waals surface area contributed by atoms with Gasteiger partial charge in [0.05, 0.1) is 13.2 Å². The molecule has 0 aliphatic heterocycles. The number of methoxy groups -OCH3 is 1. The van der Waals surface area contributed by atoms with Gasteiger partial charge in [0, 0.05) is 5.56 Å². The van der Waals surface area contributed by atoms with Crippen LogP contribution in [0.4, 0.5) is 13.2 Å². The van der Waals surface area contributed by atoms with Gasteiger partial charge in [-0.25, -0.2) is 0 Å². The van der Waals surface area contributed by atoms with Crippen LogP contribution in [0.3, 0.4) is 0 Å². The van der Waals surface area contributed by atoms with E-state index in [0.717, 1.165) is 29.8 Å². The largest absolute Gasteiger partial charge is 0.573 e. The fourth-order valence-electron chi connectivity index (χ4n) is 3.08. The monoisotopic (exact) mass is 449 g/mol. The summed E-state index contributed by atoms with van der Waals surface area (Å²) in [6, 6.07) is 12.4. The van der Waals surface area contributed by atoms with Crippen LogP contribution in [0.25, 0.3) is 0 Å². The number of carbonyl (C=O) groups is 2. The van der Waals surface area contributed by atoms with E-state index in [2.05, 4.69) is 15.4 Å². The minimum absolute atomic E-state index is 0.0440. The number of amides is 2. The molecule has 2 atom stereocenters. The summed E-state index contributed by atoms with van der Waals surface area (Å²) in [5.74, 6) is -1.26. The zero-order chi connectivity index (χ0) is 23.7. The topological polar surface area (TPSA) is 100 Å². The molecule has 0 unspecified atom stereocenters. The molecule has 0 fully saturated rings. The molecule has 0 radical (unpaired) electrons. The van der Waals surface area contributed by atoms with Crippen molar-refractivity contribution in [3.63, 3.8) is 0 Å². The van der Waals surface area contributed by atoms with Crippen LogP contribution in [-0.4, -0.2) is 37.9 Å². The number of hydrogen-bond acceptors (Lipinski definition) is 5. The first-order chi connectivity index (χ1) is 15.1. The van der Waals surface area contributed by atoms with E-state index in [1.165, 1.54) is 7.11 Å². The number of nitrogens with one attached hydrogen (secondary N) is 2. The Bertz CT molecular complexity index is 972. The van der Waals surface area contributed by atoms with Crippen LogP contribution < -0.4 is 20.1 Å². The van der Waals surface area contributed by atoms with Crippen molar-refractivity contribution in [3.8, 4) is 17.6 Å². The number of carbonyl (C=O) groups excluding carboxylic acids is 2. The number of rotatable bonds is 9. The zero-order valence-electron chi connectivity index (χ0n) is 17.4. The average Bonchev–Trinajstić information content (AvgIpc) is 2.76. The van der Waals surface area contributed by atoms with Gasteiger partial charge in [0.15, 0.2) is 0 Å². The predicted octanol–water partition coefficient (Wildman–Crippen LogP) is 3.53. The first-order valence-corrected chi connectivity index (χ1v) is 9.59. The molecule has 32 heavy (non-hydrogen) atoms. The predicted molar refractivity (Wildman–Crippen MR) is 109 cm³/mol. The lowest BCUT2D eigenvalue weighted by Gasteiger charge is -2.23. The Morgan fingerprint density at radius 3 is 2.38 bits per heavy atom. The van der Waals surface area contributed by atoms with Crippen LogP contribution in [0.2, 0.25) is 0 Å². The second-order valence-corrected chi connectivity index (χ2v) is 6.85. The van der Waals surface area contributed by atoms with Gasteiger partial charge in [-0.05, 0) is 48.2 Å². The van der Waals surface area contributed by atoms with Crippen LogP contribution in [0.5, 0.6) is 11.5 Å². The number of alkyl halides is 3. The van der Waals surface area contributed by atoms with Crippen molar-refractivity contribution in [2.45, 2.75) is 31.7 Å². The number of para-hydroxylation sites is 1. The van der Waals surface area contributed by atoms with Gasteiger partial charge >= 0.3 is 6.36 Å². The Kier molecular flexibility index (Phi) is 8.46. The molecule has 0 aliphatic carbocycles. The van der Waals surface area contributed by atoms with E-state index < -0.39 is 30.0 Å². The van der Waals surface area contributed by atoms with E-state index in [1.807, 2.05) is 19.1 Å². The molecule has 2 N–H and O–H groups in total. The van der Waals surface area contributed by atoms with Gasteiger partial charge in [0.2, 0.25) is 5.91 Å². The Balaban J connectivity index is 2.17. The highest BCUT2D eigenvalue weighted by molar-refractivity contribution is 5.97. The molecule has 7 nitrogen and oxygen atoms in total. The summed E-state index contributed by atoms with van der Waals surface area (Å²) in [6.07, 6.45) is -4.65. The average molecular weight is 449 g/mol. The van der Waals surface area contributed by atoms with Crippen LogP contribution >= 0.6 is 0 Å². The minimum Gasteiger partial charge on any atom is -0.496 e. The zero-order valence-corrected chi connectivity index (χ0v) is 17.4. The highest BCUT2D eigenvalue weighted by Gasteiger charge is 2.31. The van der Waals surface area contributed by atoms with E-state index >= 15 is 0 Å².